The summed E-state index contributed by atoms with van der Waals surface area (Å²) in [5, 5.41) is 15.7. The summed E-state index contributed by atoms with van der Waals surface area (Å²) in [6.45, 7) is 10.6. The molecule has 0 aliphatic rings. The van der Waals surface area contributed by atoms with E-state index >= 15 is 0 Å². The number of hydrogen-bond acceptors (Lipinski definition) is 5. The lowest BCUT2D eigenvalue weighted by molar-refractivity contribution is 0.0525. The van der Waals surface area contributed by atoms with Gasteiger partial charge in [-0.2, -0.15) is 0 Å². The van der Waals surface area contributed by atoms with Crippen molar-refractivity contribution in [2.24, 2.45) is 0 Å². The number of aliphatic hydroxyl groups is 1. The molecule has 0 aromatic rings. The minimum atomic E-state index is -0.749. The van der Waals surface area contributed by atoms with E-state index in [4.69, 9.17) is 9.47 Å². The normalized spacial score (nSPS) is 13.9. The van der Waals surface area contributed by atoms with E-state index in [-0.39, 0.29) is 6.04 Å². The van der Waals surface area contributed by atoms with Crippen LogP contribution in [0.25, 0.3) is 0 Å². The molecular weight excluding hydrogens is 272 g/mol. The zero-order chi connectivity index (χ0) is 16.5. The Labute approximate surface area is 128 Å². The number of ether oxygens (including phenoxy) is 2. The van der Waals surface area contributed by atoms with E-state index in [1.54, 1.807) is 21.0 Å². The highest BCUT2D eigenvalue weighted by Crippen LogP contribution is 2.07. The van der Waals surface area contributed by atoms with Gasteiger partial charge in [0, 0.05) is 26.2 Å². The number of rotatable bonds is 9. The highest BCUT2D eigenvalue weighted by atomic mass is 16.6. The summed E-state index contributed by atoms with van der Waals surface area (Å²) in [4.78, 5) is 11.5. The molecule has 1 unspecified atom stereocenters. The summed E-state index contributed by atoms with van der Waals surface area (Å²) in [7, 11) is 1.65. The summed E-state index contributed by atoms with van der Waals surface area (Å²) >= 11 is 0. The molecule has 0 aliphatic carbocycles. The molecule has 21 heavy (non-hydrogen) atoms. The van der Waals surface area contributed by atoms with Gasteiger partial charge in [-0.3, -0.25) is 0 Å². The maximum atomic E-state index is 11.5. The number of carbonyl (C=O) groups excluding carboxylic acids is 1. The number of amides is 1. The molecule has 3 N–H and O–H groups in total. The maximum Gasteiger partial charge on any atom is 0.407 e. The summed E-state index contributed by atoms with van der Waals surface area (Å²) in [5.74, 6) is 0. The quantitative estimate of drug-likeness (QED) is 0.565. The van der Waals surface area contributed by atoms with E-state index in [1.165, 1.54) is 0 Å². The largest absolute Gasteiger partial charge is 0.444 e. The first kappa shape index (κ1) is 20.1. The molecule has 0 rings (SSSR count). The summed E-state index contributed by atoms with van der Waals surface area (Å²) in [6.07, 6.45) is 1.27. The number of hydrogen-bond donors (Lipinski definition) is 3. The van der Waals surface area contributed by atoms with Crippen LogP contribution in [0.4, 0.5) is 4.79 Å². The van der Waals surface area contributed by atoms with Gasteiger partial charge in [-0.1, -0.05) is 0 Å². The van der Waals surface area contributed by atoms with Gasteiger partial charge in [0.1, 0.15) is 5.60 Å². The van der Waals surface area contributed by atoms with Crippen LogP contribution in [0.2, 0.25) is 0 Å². The second-order valence-corrected chi connectivity index (χ2v) is 6.92. The third-order valence-corrected chi connectivity index (χ3v) is 2.59. The van der Waals surface area contributed by atoms with Crippen molar-refractivity contribution in [3.05, 3.63) is 0 Å². The average Bonchev–Trinajstić information content (AvgIpc) is 2.28. The Morgan fingerprint density at radius 2 is 1.86 bits per heavy atom. The van der Waals surface area contributed by atoms with Gasteiger partial charge < -0.3 is 25.2 Å². The second-order valence-electron chi connectivity index (χ2n) is 6.92. The second kappa shape index (κ2) is 9.23. The van der Waals surface area contributed by atoms with Gasteiger partial charge >= 0.3 is 6.09 Å². The van der Waals surface area contributed by atoms with Gasteiger partial charge in [-0.15, -0.1) is 0 Å². The predicted octanol–water partition coefficient (Wildman–Crippen LogP) is 1.67. The lowest BCUT2D eigenvalue weighted by Gasteiger charge is -2.24. The Morgan fingerprint density at radius 1 is 1.24 bits per heavy atom. The van der Waals surface area contributed by atoms with Gasteiger partial charge in [0.15, 0.2) is 0 Å². The Balaban J connectivity index is 3.90. The van der Waals surface area contributed by atoms with E-state index in [2.05, 4.69) is 10.6 Å². The Hall–Kier alpha value is -0.850. The molecule has 6 heteroatoms. The van der Waals surface area contributed by atoms with Crippen LogP contribution in [0.5, 0.6) is 0 Å². The van der Waals surface area contributed by atoms with Crippen LogP contribution in [0.1, 0.15) is 47.5 Å². The molecule has 6 nitrogen and oxygen atoms in total. The van der Waals surface area contributed by atoms with E-state index in [0.717, 1.165) is 12.8 Å². The molecule has 0 aliphatic heterocycles. The number of carbonyl (C=O) groups is 1. The Morgan fingerprint density at radius 3 is 2.33 bits per heavy atom. The molecule has 0 bridgehead atoms. The average molecular weight is 304 g/mol. The summed E-state index contributed by atoms with van der Waals surface area (Å²) in [5.41, 5.74) is -1.22. The minimum Gasteiger partial charge on any atom is -0.444 e. The van der Waals surface area contributed by atoms with Crippen molar-refractivity contribution in [2.75, 3.05) is 26.8 Å². The Kier molecular flexibility index (Phi) is 8.85. The number of methoxy groups -OCH3 is 1. The molecule has 0 aromatic carbocycles. The fourth-order valence-corrected chi connectivity index (χ4v) is 1.69. The SMILES string of the molecule is COCC(CCCNC(=O)OC(C)(C)C)NCC(C)(C)O. The highest BCUT2D eigenvalue weighted by molar-refractivity contribution is 5.67. The topological polar surface area (TPSA) is 79.8 Å². The third kappa shape index (κ3) is 13.9. The van der Waals surface area contributed by atoms with Crippen LogP contribution < -0.4 is 10.6 Å². The van der Waals surface area contributed by atoms with Crippen molar-refractivity contribution in [3.63, 3.8) is 0 Å². The molecule has 126 valence electrons. The van der Waals surface area contributed by atoms with E-state index < -0.39 is 17.3 Å². The molecule has 0 aromatic heterocycles. The van der Waals surface area contributed by atoms with Crippen LogP contribution in [-0.4, -0.2) is 55.2 Å². The first-order chi connectivity index (χ1) is 9.53. The van der Waals surface area contributed by atoms with E-state index in [0.29, 0.717) is 19.7 Å². The first-order valence-corrected chi connectivity index (χ1v) is 7.45. The summed E-state index contributed by atoms with van der Waals surface area (Å²) < 4.78 is 10.3. The molecule has 0 fully saturated rings. The monoisotopic (exact) mass is 304 g/mol. The zero-order valence-corrected chi connectivity index (χ0v) is 14.3. The molecule has 0 saturated carbocycles. The van der Waals surface area contributed by atoms with Crippen molar-refractivity contribution < 1.29 is 19.4 Å². The maximum absolute atomic E-state index is 11.5. The van der Waals surface area contributed by atoms with E-state index in [9.17, 15) is 9.90 Å². The van der Waals surface area contributed by atoms with E-state index in [1.807, 2.05) is 20.8 Å². The number of alkyl carbamates (subject to hydrolysis) is 1. The smallest absolute Gasteiger partial charge is 0.407 e. The standard InChI is InChI=1S/C15H32N2O4/c1-14(2,3)21-13(18)16-9-7-8-12(10-20-6)17-11-15(4,5)19/h12,17,19H,7-11H2,1-6H3,(H,16,18). The van der Waals surface area contributed by atoms with Crippen LogP contribution in [0, 0.1) is 0 Å². The molecule has 0 spiro atoms. The van der Waals surface area contributed by atoms with Crippen LogP contribution in [0.3, 0.4) is 0 Å². The predicted molar refractivity (Wildman–Crippen MR) is 83.4 cm³/mol. The molecule has 0 saturated heterocycles. The van der Waals surface area contributed by atoms with Crippen molar-refractivity contribution in [1.29, 1.82) is 0 Å². The molecule has 1 atom stereocenters. The fraction of sp³-hybridized carbons (Fsp3) is 0.933. The van der Waals surface area contributed by atoms with Gasteiger partial charge in [-0.25, -0.2) is 4.79 Å². The van der Waals surface area contributed by atoms with Crippen molar-refractivity contribution in [3.8, 4) is 0 Å². The molecule has 0 radical (unpaired) electrons. The van der Waals surface area contributed by atoms with Gasteiger partial charge in [0.2, 0.25) is 0 Å². The van der Waals surface area contributed by atoms with Crippen LogP contribution in [0.15, 0.2) is 0 Å². The van der Waals surface area contributed by atoms with Gasteiger partial charge in [-0.05, 0) is 47.5 Å². The summed E-state index contributed by atoms with van der Waals surface area (Å²) in [6, 6.07) is 0.155. The van der Waals surface area contributed by atoms with Crippen molar-refractivity contribution >= 4 is 6.09 Å². The highest BCUT2D eigenvalue weighted by Gasteiger charge is 2.17. The van der Waals surface area contributed by atoms with Crippen LogP contribution in [-0.2, 0) is 9.47 Å². The molecule has 1 amide bonds. The van der Waals surface area contributed by atoms with Gasteiger partial charge in [0.25, 0.3) is 0 Å². The first-order valence-electron chi connectivity index (χ1n) is 7.45. The van der Waals surface area contributed by atoms with Crippen molar-refractivity contribution in [1.82, 2.24) is 10.6 Å². The third-order valence-electron chi connectivity index (χ3n) is 2.59. The van der Waals surface area contributed by atoms with Crippen LogP contribution >= 0.6 is 0 Å². The lowest BCUT2D eigenvalue weighted by atomic mass is 10.1. The Bertz CT molecular complexity index is 295. The lowest BCUT2D eigenvalue weighted by Crippen LogP contribution is -2.43. The minimum absolute atomic E-state index is 0.155. The fourth-order valence-electron chi connectivity index (χ4n) is 1.69. The van der Waals surface area contributed by atoms with Gasteiger partial charge in [0.05, 0.1) is 12.2 Å². The molecular formula is C15H32N2O4. The van der Waals surface area contributed by atoms with Crippen molar-refractivity contribution in [2.45, 2.75) is 64.7 Å². The zero-order valence-electron chi connectivity index (χ0n) is 14.3. The molecule has 0 heterocycles. The number of nitrogens with one attached hydrogen (secondary N) is 2.